The van der Waals surface area contributed by atoms with E-state index in [1.807, 2.05) is 0 Å². The molecular formula is C15H9ClF3N3O3. The topological polar surface area (TPSA) is 81.1 Å². The van der Waals surface area contributed by atoms with Gasteiger partial charge in [-0.2, -0.15) is 13.2 Å². The number of nitrogens with one attached hydrogen (secondary N) is 1. The Hall–Kier alpha value is -2.68. The number of Topliss-reactive ketones (excluding diaryl/α,β-unsaturated/α-hetero) is 1. The average molecular weight is 372 g/mol. The minimum absolute atomic E-state index is 0.263. The van der Waals surface area contributed by atoms with E-state index in [1.165, 1.54) is 24.3 Å². The van der Waals surface area contributed by atoms with E-state index in [1.54, 1.807) is 0 Å². The van der Waals surface area contributed by atoms with Gasteiger partial charge in [-0.15, -0.1) is 0 Å². The van der Waals surface area contributed by atoms with Gasteiger partial charge in [-0.25, -0.2) is 4.98 Å². The van der Waals surface area contributed by atoms with Crippen molar-refractivity contribution in [2.24, 2.45) is 0 Å². The van der Waals surface area contributed by atoms with Crippen molar-refractivity contribution in [3.05, 3.63) is 57.0 Å². The van der Waals surface area contributed by atoms with Crippen LogP contribution in [0.2, 0.25) is 5.02 Å². The molecule has 1 N–H and O–H groups in total. The molecule has 1 aromatic carbocycles. The van der Waals surface area contributed by atoms with E-state index in [4.69, 9.17) is 11.6 Å². The summed E-state index contributed by atoms with van der Waals surface area (Å²) in [5.41, 5.74) is -2.21. The third-order valence-electron chi connectivity index (χ3n) is 3.64. The van der Waals surface area contributed by atoms with Crippen LogP contribution in [0.4, 0.5) is 19.1 Å². The molecule has 1 atom stereocenters. The number of amides is 1. The van der Waals surface area contributed by atoms with Crippen LogP contribution in [0.1, 0.15) is 28.5 Å². The van der Waals surface area contributed by atoms with Gasteiger partial charge in [0.15, 0.2) is 11.5 Å². The number of hydrogen-bond acceptors (Lipinski definition) is 4. The Morgan fingerprint density at radius 2 is 1.88 bits per heavy atom. The maximum atomic E-state index is 12.7. The number of carbonyl (C=O) groups is 2. The number of carbonyl (C=O) groups excluding carboxylic acids is 2. The van der Waals surface area contributed by atoms with Crippen LogP contribution >= 0.6 is 11.6 Å². The van der Waals surface area contributed by atoms with Crippen molar-refractivity contribution in [2.75, 3.05) is 5.32 Å². The quantitative estimate of drug-likeness (QED) is 0.841. The molecule has 0 radical (unpaired) electrons. The van der Waals surface area contributed by atoms with Crippen molar-refractivity contribution in [2.45, 2.75) is 18.6 Å². The Morgan fingerprint density at radius 1 is 1.24 bits per heavy atom. The lowest BCUT2D eigenvalue weighted by Gasteiger charge is -2.12. The van der Waals surface area contributed by atoms with Crippen molar-refractivity contribution in [3.8, 4) is 0 Å². The Morgan fingerprint density at radius 3 is 2.48 bits per heavy atom. The second-order valence-corrected chi connectivity index (χ2v) is 5.75. The van der Waals surface area contributed by atoms with E-state index < -0.39 is 47.5 Å². The van der Waals surface area contributed by atoms with Gasteiger partial charge in [0, 0.05) is 23.1 Å². The monoisotopic (exact) mass is 371 g/mol. The number of anilines is 1. The van der Waals surface area contributed by atoms with Gasteiger partial charge >= 0.3 is 6.18 Å². The molecule has 6 nitrogen and oxygen atoms in total. The predicted molar refractivity (Wildman–Crippen MR) is 81.6 cm³/mol. The smallest absolute Gasteiger partial charge is 0.294 e. The fourth-order valence-electron chi connectivity index (χ4n) is 2.45. The van der Waals surface area contributed by atoms with E-state index in [-0.39, 0.29) is 5.56 Å². The van der Waals surface area contributed by atoms with E-state index in [0.29, 0.717) is 11.1 Å². The van der Waals surface area contributed by atoms with E-state index in [9.17, 15) is 27.6 Å². The molecule has 25 heavy (non-hydrogen) atoms. The van der Waals surface area contributed by atoms with Crippen molar-refractivity contribution in [1.29, 1.82) is 0 Å². The average Bonchev–Trinajstić information content (AvgIpc) is 2.83. The third-order valence-corrected chi connectivity index (χ3v) is 3.89. The lowest BCUT2D eigenvalue weighted by atomic mass is 10.0. The molecule has 0 bridgehead atoms. The summed E-state index contributed by atoms with van der Waals surface area (Å²) >= 11 is 5.73. The molecule has 2 aromatic rings. The van der Waals surface area contributed by atoms with Crippen molar-refractivity contribution >= 4 is 29.2 Å². The van der Waals surface area contributed by atoms with Gasteiger partial charge in [-0.05, 0) is 24.3 Å². The van der Waals surface area contributed by atoms with Crippen LogP contribution in [0, 0.1) is 0 Å². The number of hydrogen-bond donors (Lipinski definition) is 1. The van der Waals surface area contributed by atoms with Crippen molar-refractivity contribution < 1.29 is 22.8 Å². The fraction of sp³-hybridized carbons (Fsp3) is 0.200. The first kappa shape index (κ1) is 17.2. The number of aromatic nitrogens is 2. The Balaban J connectivity index is 1.93. The van der Waals surface area contributed by atoms with Crippen molar-refractivity contribution in [3.63, 3.8) is 0 Å². The third kappa shape index (κ3) is 3.27. The van der Waals surface area contributed by atoms with Gasteiger partial charge < -0.3 is 0 Å². The molecule has 0 saturated heterocycles. The number of rotatable bonds is 3. The van der Waals surface area contributed by atoms with Gasteiger partial charge in [0.25, 0.3) is 5.56 Å². The van der Waals surface area contributed by atoms with Crippen LogP contribution in [0.25, 0.3) is 0 Å². The molecule has 10 heteroatoms. The highest BCUT2D eigenvalue weighted by Gasteiger charge is 2.39. The molecule has 2 heterocycles. The Bertz CT molecular complexity index is 922. The number of benzene rings is 1. The molecule has 3 rings (SSSR count). The SMILES string of the molecule is O=C(CC1C(=O)Nc2nc(C(F)(F)F)cc(=O)n21)c1ccc(Cl)cc1. The predicted octanol–water partition coefficient (Wildman–Crippen LogP) is 2.68. The number of nitrogens with zero attached hydrogens (tertiary/aromatic N) is 2. The van der Waals surface area contributed by atoms with Crippen LogP contribution in [0.3, 0.4) is 0 Å². The summed E-state index contributed by atoms with van der Waals surface area (Å²) in [7, 11) is 0. The van der Waals surface area contributed by atoms with E-state index >= 15 is 0 Å². The second-order valence-electron chi connectivity index (χ2n) is 5.31. The molecule has 1 amide bonds. The van der Waals surface area contributed by atoms with Gasteiger partial charge in [-0.1, -0.05) is 11.6 Å². The lowest BCUT2D eigenvalue weighted by Crippen LogP contribution is -2.28. The Kier molecular flexibility index (Phi) is 4.11. The molecule has 0 spiro atoms. The van der Waals surface area contributed by atoms with E-state index in [2.05, 4.69) is 10.3 Å². The minimum Gasteiger partial charge on any atom is -0.294 e. The standard InChI is InChI=1S/C15H9ClF3N3O3/c16-8-3-1-7(2-4-8)10(23)5-9-13(25)21-14-20-11(15(17,18)19)6-12(24)22(9)14/h1-4,6,9H,5H2,(H,20,21,25). The molecular weight excluding hydrogens is 363 g/mol. The first-order chi connectivity index (χ1) is 11.7. The molecule has 0 fully saturated rings. The van der Waals surface area contributed by atoms with Crippen LogP contribution < -0.4 is 10.9 Å². The number of ketones is 1. The summed E-state index contributed by atoms with van der Waals surface area (Å²) in [4.78, 5) is 39.5. The maximum Gasteiger partial charge on any atom is 0.433 e. The molecule has 130 valence electrons. The van der Waals surface area contributed by atoms with Gasteiger partial charge in [0.2, 0.25) is 11.9 Å². The Labute approximate surface area is 143 Å². The van der Waals surface area contributed by atoms with Crippen molar-refractivity contribution in [1.82, 2.24) is 9.55 Å². The molecule has 1 aliphatic rings. The zero-order chi connectivity index (χ0) is 18.4. The molecule has 1 aromatic heterocycles. The highest BCUT2D eigenvalue weighted by Crippen LogP contribution is 2.30. The van der Waals surface area contributed by atoms with Gasteiger partial charge in [0.05, 0.1) is 0 Å². The number of alkyl halides is 3. The zero-order valence-electron chi connectivity index (χ0n) is 12.3. The summed E-state index contributed by atoms with van der Waals surface area (Å²) in [6.45, 7) is 0. The molecule has 0 aliphatic carbocycles. The first-order valence-corrected chi connectivity index (χ1v) is 7.35. The van der Waals surface area contributed by atoms with Crippen LogP contribution in [-0.4, -0.2) is 21.2 Å². The normalized spacial score (nSPS) is 16.5. The fourth-order valence-corrected chi connectivity index (χ4v) is 2.58. The summed E-state index contributed by atoms with van der Waals surface area (Å²) in [5, 5.41) is 2.52. The first-order valence-electron chi connectivity index (χ1n) is 6.97. The van der Waals surface area contributed by atoms with Crippen LogP contribution in [-0.2, 0) is 11.0 Å². The molecule has 1 unspecified atom stereocenters. The highest BCUT2D eigenvalue weighted by molar-refractivity contribution is 6.30. The minimum atomic E-state index is -4.82. The summed E-state index contributed by atoms with van der Waals surface area (Å²) in [6, 6.07) is 4.91. The summed E-state index contributed by atoms with van der Waals surface area (Å²) < 4.78 is 38.9. The molecule has 1 aliphatic heterocycles. The van der Waals surface area contributed by atoms with E-state index in [0.717, 1.165) is 4.57 Å². The van der Waals surface area contributed by atoms with Crippen LogP contribution in [0.5, 0.6) is 0 Å². The second kappa shape index (κ2) is 5.99. The largest absolute Gasteiger partial charge is 0.433 e. The lowest BCUT2D eigenvalue weighted by molar-refractivity contribution is -0.141. The summed E-state index contributed by atoms with van der Waals surface area (Å²) in [5.74, 6) is -1.76. The zero-order valence-corrected chi connectivity index (χ0v) is 13.1. The summed E-state index contributed by atoms with van der Waals surface area (Å²) in [6.07, 6.45) is -5.22. The van der Waals surface area contributed by atoms with Gasteiger partial charge in [0.1, 0.15) is 6.04 Å². The maximum absolute atomic E-state index is 12.7. The van der Waals surface area contributed by atoms with Crippen LogP contribution in [0.15, 0.2) is 35.1 Å². The highest BCUT2D eigenvalue weighted by atomic mass is 35.5. The number of halogens is 4. The van der Waals surface area contributed by atoms with Gasteiger partial charge in [-0.3, -0.25) is 24.3 Å². The number of fused-ring (bicyclic) bond motifs is 1. The molecule has 0 saturated carbocycles.